The summed E-state index contributed by atoms with van der Waals surface area (Å²) in [6.07, 6.45) is -4.39. The Hall–Kier alpha value is -1.23. The van der Waals surface area contributed by atoms with Crippen molar-refractivity contribution in [3.63, 3.8) is 0 Å². The molecule has 0 spiro atoms. The summed E-state index contributed by atoms with van der Waals surface area (Å²) < 4.78 is 42.7. The average Bonchev–Trinajstić information content (AvgIpc) is 2.27. The molecule has 0 saturated heterocycles. The van der Waals surface area contributed by atoms with Crippen molar-refractivity contribution < 1.29 is 17.9 Å². The molecule has 1 N–H and O–H groups in total. The Morgan fingerprint density at radius 3 is 2.11 bits per heavy atom. The summed E-state index contributed by atoms with van der Waals surface area (Å²) in [7, 11) is 0. The van der Waals surface area contributed by atoms with Gasteiger partial charge in [0, 0.05) is 6.54 Å². The van der Waals surface area contributed by atoms with E-state index in [0.717, 1.165) is 18.7 Å². The molecule has 5 heteroatoms. The van der Waals surface area contributed by atoms with Gasteiger partial charge in [-0.1, -0.05) is 13.8 Å². The van der Waals surface area contributed by atoms with Crippen molar-refractivity contribution >= 4 is 0 Å². The van der Waals surface area contributed by atoms with Gasteiger partial charge in [0.15, 0.2) is 0 Å². The standard InChI is InChI=1S/C14H20F3NO/c1-10(2)8-18-9-11(3)19-13-6-4-12(5-7-13)14(15,16)17/h4-7,10-11,18H,8-9H2,1-3H3. The number of hydrogen-bond donors (Lipinski definition) is 1. The maximum Gasteiger partial charge on any atom is 0.416 e. The van der Waals surface area contributed by atoms with Crippen LogP contribution in [0.1, 0.15) is 26.3 Å². The summed E-state index contributed by atoms with van der Waals surface area (Å²) in [5, 5.41) is 3.24. The Kier molecular flexibility index (Phi) is 5.66. The van der Waals surface area contributed by atoms with Crippen molar-refractivity contribution in [3.05, 3.63) is 29.8 Å². The summed E-state index contributed by atoms with van der Waals surface area (Å²) in [5.41, 5.74) is -0.662. The molecule has 0 fully saturated rings. The molecule has 0 aromatic heterocycles. The Morgan fingerprint density at radius 2 is 1.63 bits per heavy atom. The van der Waals surface area contributed by atoms with E-state index in [1.54, 1.807) is 0 Å². The van der Waals surface area contributed by atoms with Gasteiger partial charge in [-0.3, -0.25) is 0 Å². The van der Waals surface area contributed by atoms with Crippen LogP contribution in [0.4, 0.5) is 13.2 Å². The van der Waals surface area contributed by atoms with Gasteiger partial charge in [-0.25, -0.2) is 0 Å². The first kappa shape index (κ1) is 15.8. The highest BCUT2D eigenvalue weighted by atomic mass is 19.4. The van der Waals surface area contributed by atoms with Crippen molar-refractivity contribution in [2.24, 2.45) is 5.92 Å². The molecule has 0 aliphatic rings. The lowest BCUT2D eigenvalue weighted by Gasteiger charge is -2.16. The Labute approximate surface area is 112 Å². The maximum absolute atomic E-state index is 12.4. The molecule has 2 nitrogen and oxygen atoms in total. The monoisotopic (exact) mass is 275 g/mol. The third kappa shape index (κ3) is 5.96. The Balaban J connectivity index is 2.44. The minimum atomic E-state index is -4.30. The van der Waals surface area contributed by atoms with Crippen molar-refractivity contribution in [2.45, 2.75) is 33.1 Å². The van der Waals surface area contributed by atoms with E-state index in [9.17, 15) is 13.2 Å². The molecule has 0 aliphatic carbocycles. The average molecular weight is 275 g/mol. The van der Waals surface area contributed by atoms with Gasteiger partial charge in [-0.2, -0.15) is 13.2 Å². The molecule has 1 rings (SSSR count). The summed E-state index contributed by atoms with van der Waals surface area (Å²) in [5.74, 6) is 1.00. The van der Waals surface area contributed by atoms with Crippen LogP contribution in [0, 0.1) is 5.92 Å². The van der Waals surface area contributed by atoms with Gasteiger partial charge < -0.3 is 10.1 Å². The second-order valence-corrected chi connectivity index (χ2v) is 5.00. The second-order valence-electron chi connectivity index (χ2n) is 5.00. The zero-order valence-electron chi connectivity index (χ0n) is 11.4. The quantitative estimate of drug-likeness (QED) is 0.854. The number of halogens is 3. The SMILES string of the molecule is CC(C)CNCC(C)Oc1ccc(C(F)(F)F)cc1. The second kappa shape index (κ2) is 6.80. The number of benzene rings is 1. The van der Waals surface area contributed by atoms with Crippen molar-refractivity contribution in [2.75, 3.05) is 13.1 Å². The minimum absolute atomic E-state index is 0.0875. The van der Waals surface area contributed by atoms with E-state index >= 15 is 0 Å². The summed E-state index contributed by atoms with van der Waals surface area (Å²) in [6, 6.07) is 4.76. The zero-order valence-corrected chi connectivity index (χ0v) is 11.4. The van der Waals surface area contributed by atoms with Gasteiger partial charge in [0.2, 0.25) is 0 Å². The van der Waals surface area contributed by atoms with Crippen LogP contribution in [0.3, 0.4) is 0 Å². The number of rotatable bonds is 6. The van der Waals surface area contributed by atoms with E-state index in [1.807, 2.05) is 6.92 Å². The van der Waals surface area contributed by atoms with Gasteiger partial charge in [0.05, 0.1) is 5.56 Å². The van der Waals surface area contributed by atoms with Crippen LogP contribution < -0.4 is 10.1 Å². The molecule has 1 aromatic carbocycles. The molecular formula is C14H20F3NO. The van der Waals surface area contributed by atoms with E-state index in [-0.39, 0.29) is 6.10 Å². The van der Waals surface area contributed by atoms with Crippen LogP contribution in [0.5, 0.6) is 5.75 Å². The Morgan fingerprint density at radius 1 is 1.05 bits per heavy atom. The molecule has 1 unspecified atom stereocenters. The summed E-state index contributed by atoms with van der Waals surface area (Å²) in [6.45, 7) is 7.65. The van der Waals surface area contributed by atoms with Crippen molar-refractivity contribution in [1.82, 2.24) is 5.32 Å². The predicted octanol–water partition coefficient (Wildman–Crippen LogP) is 3.72. The van der Waals surface area contributed by atoms with E-state index < -0.39 is 11.7 Å². The van der Waals surface area contributed by atoms with Gasteiger partial charge in [-0.15, -0.1) is 0 Å². The topological polar surface area (TPSA) is 21.3 Å². The van der Waals surface area contributed by atoms with E-state index in [4.69, 9.17) is 4.74 Å². The normalized spacial score (nSPS) is 13.6. The largest absolute Gasteiger partial charge is 0.489 e. The zero-order chi connectivity index (χ0) is 14.5. The molecule has 1 aromatic rings. The fraction of sp³-hybridized carbons (Fsp3) is 0.571. The van der Waals surface area contributed by atoms with E-state index in [0.29, 0.717) is 18.2 Å². The van der Waals surface area contributed by atoms with Crippen LogP contribution >= 0.6 is 0 Å². The molecular weight excluding hydrogens is 255 g/mol. The highest BCUT2D eigenvalue weighted by Gasteiger charge is 2.30. The number of alkyl halides is 3. The lowest BCUT2D eigenvalue weighted by Crippen LogP contribution is -2.31. The smallest absolute Gasteiger partial charge is 0.416 e. The third-order valence-corrected chi connectivity index (χ3v) is 2.50. The Bertz CT molecular complexity index is 373. The van der Waals surface area contributed by atoms with Crippen LogP contribution in [-0.4, -0.2) is 19.2 Å². The highest BCUT2D eigenvalue weighted by Crippen LogP contribution is 2.30. The predicted molar refractivity (Wildman–Crippen MR) is 69.2 cm³/mol. The molecule has 0 bridgehead atoms. The highest BCUT2D eigenvalue weighted by molar-refractivity contribution is 5.28. The first-order chi connectivity index (χ1) is 8.79. The van der Waals surface area contributed by atoms with Crippen molar-refractivity contribution in [1.29, 1.82) is 0 Å². The number of ether oxygens (including phenoxy) is 1. The lowest BCUT2D eigenvalue weighted by molar-refractivity contribution is -0.137. The minimum Gasteiger partial charge on any atom is -0.489 e. The molecule has 0 aliphatic heterocycles. The van der Waals surface area contributed by atoms with Gasteiger partial charge in [-0.05, 0) is 43.7 Å². The van der Waals surface area contributed by atoms with Crippen LogP contribution in [0.15, 0.2) is 24.3 Å². The lowest BCUT2D eigenvalue weighted by atomic mass is 10.2. The molecule has 19 heavy (non-hydrogen) atoms. The summed E-state index contributed by atoms with van der Waals surface area (Å²) >= 11 is 0. The molecule has 0 amide bonds. The van der Waals surface area contributed by atoms with E-state index in [1.165, 1.54) is 12.1 Å². The van der Waals surface area contributed by atoms with E-state index in [2.05, 4.69) is 19.2 Å². The fourth-order valence-electron chi connectivity index (χ4n) is 1.57. The molecule has 108 valence electrons. The molecule has 0 saturated carbocycles. The summed E-state index contributed by atoms with van der Waals surface area (Å²) in [4.78, 5) is 0. The fourth-order valence-corrected chi connectivity index (χ4v) is 1.57. The van der Waals surface area contributed by atoms with Crippen molar-refractivity contribution in [3.8, 4) is 5.75 Å². The number of nitrogens with one attached hydrogen (secondary N) is 1. The van der Waals surface area contributed by atoms with Gasteiger partial charge in [0.25, 0.3) is 0 Å². The van der Waals surface area contributed by atoms with Crippen LogP contribution in [0.25, 0.3) is 0 Å². The van der Waals surface area contributed by atoms with Crippen LogP contribution in [0.2, 0.25) is 0 Å². The van der Waals surface area contributed by atoms with Gasteiger partial charge in [0.1, 0.15) is 11.9 Å². The molecule has 1 atom stereocenters. The molecule has 0 heterocycles. The maximum atomic E-state index is 12.4. The number of hydrogen-bond acceptors (Lipinski definition) is 2. The molecule has 0 radical (unpaired) electrons. The first-order valence-corrected chi connectivity index (χ1v) is 6.33. The van der Waals surface area contributed by atoms with Gasteiger partial charge >= 0.3 is 6.18 Å². The first-order valence-electron chi connectivity index (χ1n) is 6.33. The van der Waals surface area contributed by atoms with Crippen LogP contribution in [-0.2, 0) is 6.18 Å². The third-order valence-electron chi connectivity index (χ3n) is 2.50.